The Morgan fingerprint density at radius 1 is 1.03 bits per heavy atom. The van der Waals surface area contributed by atoms with Crippen molar-refractivity contribution in [3.05, 3.63) is 83.7 Å². The average Bonchev–Trinajstić information content (AvgIpc) is 3.20. The Bertz CT molecular complexity index is 966. The summed E-state index contributed by atoms with van der Waals surface area (Å²) in [6.45, 7) is 6.41. The fraction of sp³-hybridized carbons (Fsp3) is 0.375. The third-order valence-electron chi connectivity index (χ3n) is 6.00. The highest BCUT2D eigenvalue weighted by molar-refractivity contribution is 5.57. The SMILES string of the molecule is C[C@H](CN1CCN(c2c(F)cccc2[C@@H](O)c2nccn2C)CC1)c1ccccc1. The molecule has 2 heterocycles. The van der Waals surface area contributed by atoms with Crippen LogP contribution in [-0.2, 0) is 7.05 Å². The van der Waals surface area contributed by atoms with Crippen molar-refractivity contribution in [2.24, 2.45) is 7.05 Å². The number of imidazole rings is 1. The van der Waals surface area contributed by atoms with Crippen LogP contribution in [-0.4, -0.2) is 52.3 Å². The van der Waals surface area contributed by atoms with Gasteiger partial charge in [-0.15, -0.1) is 0 Å². The van der Waals surface area contributed by atoms with Gasteiger partial charge in [0.2, 0.25) is 0 Å². The molecule has 4 rings (SSSR count). The lowest BCUT2D eigenvalue weighted by Crippen LogP contribution is -2.48. The number of para-hydroxylation sites is 1. The van der Waals surface area contributed by atoms with E-state index in [2.05, 4.69) is 46.0 Å². The second kappa shape index (κ2) is 8.98. The molecule has 1 saturated heterocycles. The smallest absolute Gasteiger partial charge is 0.146 e. The average molecular weight is 409 g/mol. The zero-order valence-corrected chi connectivity index (χ0v) is 17.6. The van der Waals surface area contributed by atoms with E-state index in [1.807, 2.05) is 13.1 Å². The first kappa shape index (κ1) is 20.6. The van der Waals surface area contributed by atoms with Crippen LogP contribution in [0.25, 0.3) is 0 Å². The van der Waals surface area contributed by atoms with Crippen LogP contribution in [0.2, 0.25) is 0 Å². The lowest BCUT2D eigenvalue weighted by molar-refractivity contribution is 0.205. The number of anilines is 1. The van der Waals surface area contributed by atoms with Crippen LogP contribution in [0.3, 0.4) is 0 Å². The highest BCUT2D eigenvalue weighted by Crippen LogP contribution is 2.33. The van der Waals surface area contributed by atoms with Crippen LogP contribution >= 0.6 is 0 Å². The van der Waals surface area contributed by atoms with Crippen molar-refractivity contribution in [1.82, 2.24) is 14.5 Å². The Labute approximate surface area is 177 Å². The second-order valence-corrected chi connectivity index (χ2v) is 8.08. The molecular formula is C24H29FN4O. The summed E-state index contributed by atoms with van der Waals surface area (Å²) in [7, 11) is 1.83. The molecule has 1 N–H and O–H groups in total. The number of hydrogen-bond acceptors (Lipinski definition) is 4. The van der Waals surface area contributed by atoms with Gasteiger partial charge in [0.05, 0.1) is 5.69 Å². The van der Waals surface area contributed by atoms with Crippen LogP contribution in [0.4, 0.5) is 10.1 Å². The molecule has 1 aromatic heterocycles. The molecule has 2 aromatic carbocycles. The van der Waals surface area contributed by atoms with Gasteiger partial charge in [-0.3, -0.25) is 4.90 Å². The van der Waals surface area contributed by atoms with Gasteiger partial charge in [0.25, 0.3) is 0 Å². The molecule has 0 saturated carbocycles. The van der Waals surface area contributed by atoms with Crippen LogP contribution < -0.4 is 4.90 Å². The van der Waals surface area contributed by atoms with Gasteiger partial charge < -0.3 is 14.6 Å². The standard InChI is InChI=1S/C24H29FN4O/c1-18(19-7-4-3-5-8-19)17-28-13-15-29(16-14-28)22-20(9-6-10-21(22)25)23(30)24-26-11-12-27(24)2/h3-12,18,23,30H,13-17H2,1-2H3/t18-,23-/m1/s1. The molecule has 1 aliphatic rings. The summed E-state index contributed by atoms with van der Waals surface area (Å²) in [5, 5.41) is 10.9. The van der Waals surface area contributed by atoms with E-state index in [1.54, 1.807) is 29.1 Å². The number of benzene rings is 2. The third-order valence-corrected chi connectivity index (χ3v) is 6.00. The van der Waals surface area contributed by atoms with Crippen LogP contribution in [0.15, 0.2) is 60.9 Å². The summed E-state index contributed by atoms with van der Waals surface area (Å²) in [5.41, 5.74) is 2.40. The van der Waals surface area contributed by atoms with Gasteiger partial charge >= 0.3 is 0 Å². The molecule has 0 spiro atoms. The molecule has 6 heteroatoms. The first-order valence-electron chi connectivity index (χ1n) is 10.5. The second-order valence-electron chi connectivity index (χ2n) is 8.08. The van der Waals surface area contributed by atoms with Crippen molar-refractivity contribution >= 4 is 5.69 Å². The number of aliphatic hydroxyl groups is 1. The van der Waals surface area contributed by atoms with Gasteiger partial charge in [-0.1, -0.05) is 49.4 Å². The monoisotopic (exact) mass is 408 g/mol. The molecule has 3 aromatic rings. The number of aryl methyl sites for hydroxylation is 1. The van der Waals surface area contributed by atoms with E-state index >= 15 is 0 Å². The summed E-state index contributed by atoms with van der Waals surface area (Å²) < 4.78 is 16.6. The minimum Gasteiger partial charge on any atom is -0.380 e. The fourth-order valence-corrected chi connectivity index (χ4v) is 4.29. The minimum atomic E-state index is -0.966. The Balaban J connectivity index is 1.47. The first-order chi connectivity index (χ1) is 14.5. The highest BCUT2D eigenvalue weighted by atomic mass is 19.1. The summed E-state index contributed by atoms with van der Waals surface area (Å²) in [6.07, 6.45) is 2.46. The minimum absolute atomic E-state index is 0.299. The van der Waals surface area contributed by atoms with Crippen LogP contribution in [0, 0.1) is 5.82 Å². The number of nitrogens with zero attached hydrogens (tertiary/aromatic N) is 4. The maximum absolute atomic E-state index is 14.9. The van der Waals surface area contributed by atoms with Gasteiger partial charge in [0.1, 0.15) is 17.7 Å². The van der Waals surface area contributed by atoms with E-state index in [0.29, 0.717) is 23.0 Å². The summed E-state index contributed by atoms with van der Waals surface area (Å²) in [6, 6.07) is 15.5. The van der Waals surface area contributed by atoms with Crippen molar-refractivity contribution in [2.45, 2.75) is 18.9 Å². The largest absolute Gasteiger partial charge is 0.380 e. The molecule has 158 valence electrons. The number of aromatic nitrogens is 2. The Morgan fingerprint density at radius 2 is 1.77 bits per heavy atom. The highest BCUT2D eigenvalue weighted by Gasteiger charge is 2.27. The van der Waals surface area contributed by atoms with Gasteiger partial charge in [-0.2, -0.15) is 0 Å². The van der Waals surface area contributed by atoms with E-state index in [1.165, 1.54) is 11.6 Å². The van der Waals surface area contributed by atoms with E-state index in [4.69, 9.17) is 0 Å². The summed E-state index contributed by atoms with van der Waals surface area (Å²) in [5.74, 6) is 0.663. The topological polar surface area (TPSA) is 44.5 Å². The molecule has 30 heavy (non-hydrogen) atoms. The van der Waals surface area contributed by atoms with Gasteiger partial charge in [0, 0.05) is 57.7 Å². The van der Waals surface area contributed by atoms with E-state index in [9.17, 15) is 9.50 Å². The van der Waals surface area contributed by atoms with E-state index in [0.717, 1.165) is 32.7 Å². The van der Waals surface area contributed by atoms with Crippen molar-refractivity contribution in [2.75, 3.05) is 37.6 Å². The molecule has 2 atom stereocenters. The maximum Gasteiger partial charge on any atom is 0.146 e. The molecule has 1 aliphatic heterocycles. The normalized spacial score (nSPS) is 17.1. The zero-order chi connectivity index (χ0) is 21.1. The first-order valence-corrected chi connectivity index (χ1v) is 10.5. The molecule has 0 aliphatic carbocycles. The summed E-state index contributed by atoms with van der Waals surface area (Å²) in [4.78, 5) is 8.74. The Hall–Kier alpha value is -2.70. The lowest BCUT2D eigenvalue weighted by Gasteiger charge is -2.38. The van der Waals surface area contributed by atoms with Crippen molar-refractivity contribution < 1.29 is 9.50 Å². The van der Waals surface area contributed by atoms with Gasteiger partial charge in [-0.25, -0.2) is 9.37 Å². The lowest BCUT2D eigenvalue weighted by atomic mass is 10.00. The van der Waals surface area contributed by atoms with Crippen molar-refractivity contribution in [1.29, 1.82) is 0 Å². The predicted octanol–water partition coefficient (Wildman–Crippen LogP) is 3.57. The van der Waals surface area contributed by atoms with Crippen molar-refractivity contribution in [3.8, 4) is 0 Å². The molecule has 0 amide bonds. The fourth-order valence-electron chi connectivity index (χ4n) is 4.29. The van der Waals surface area contributed by atoms with Gasteiger partial charge in [-0.05, 0) is 17.5 Å². The Kier molecular flexibility index (Phi) is 6.16. The van der Waals surface area contributed by atoms with Crippen LogP contribution in [0.5, 0.6) is 0 Å². The number of hydrogen-bond donors (Lipinski definition) is 1. The van der Waals surface area contributed by atoms with Gasteiger partial charge in [0.15, 0.2) is 0 Å². The van der Waals surface area contributed by atoms with E-state index in [-0.39, 0.29) is 5.82 Å². The predicted molar refractivity (Wildman–Crippen MR) is 117 cm³/mol. The quantitative estimate of drug-likeness (QED) is 0.677. The number of halogens is 1. The van der Waals surface area contributed by atoms with E-state index < -0.39 is 6.10 Å². The number of aliphatic hydroxyl groups excluding tert-OH is 1. The molecule has 5 nitrogen and oxygen atoms in total. The molecular weight excluding hydrogens is 379 g/mol. The summed E-state index contributed by atoms with van der Waals surface area (Å²) >= 11 is 0. The molecule has 1 fully saturated rings. The third kappa shape index (κ3) is 4.25. The number of piperazine rings is 1. The molecule has 0 unspecified atom stereocenters. The maximum atomic E-state index is 14.9. The van der Waals surface area contributed by atoms with Crippen molar-refractivity contribution in [3.63, 3.8) is 0 Å². The zero-order valence-electron chi connectivity index (χ0n) is 17.6. The Morgan fingerprint density at radius 3 is 2.43 bits per heavy atom. The molecule has 0 bridgehead atoms. The molecule has 0 radical (unpaired) electrons. The van der Waals surface area contributed by atoms with Crippen LogP contribution in [0.1, 0.15) is 35.9 Å². The number of rotatable bonds is 6.